The number of nitrogens with one attached hydrogen (secondary N) is 1. The first kappa shape index (κ1) is 17.7. The van der Waals surface area contributed by atoms with Gasteiger partial charge in [-0.05, 0) is 48.0 Å². The van der Waals surface area contributed by atoms with E-state index in [1.807, 2.05) is 0 Å². The van der Waals surface area contributed by atoms with Gasteiger partial charge in [-0.25, -0.2) is 5.43 Å². The van der Waals surface area contributed by atoms with Crippen molar-refractivity contribution >= 4 is 34.0 Å². The third-order valence-electron chi connectivity index (χ3n) is 2.93. The van der Waals surface area contributed by atoms with Gasteiger partial charge in [-0.2, -0.15) is 5.10 Å². The van der Waals surface area contributed by atoms with Crippen LogP contribution in [-0.2, 0) is 4.79 Å². The summed E-state index contributed by atoms with van der Waals surface area (Å²) < 4.78 is 11.1. The van der Waals surface area contributed by atoms with E-state index in [9.17, 15) is 9.59 Å². The van der Waals surface area contributed by atoms with Crippen molar-refractivity contribution in [3.05, 3.63) is 58.1 Å². The molecule has 0 fully saturated rings. The van der Waals surface area contributed by atoms with E-state index in [1.165, 1.54) is 20.2 Å². The van der Waals surface area contributed by atoms with E-state index in [0.29, 0.717) is 22.6 Å². The molecule has 0 aliphatic heterocycles. The summed E-state index contributed by atoms with van der Waals surface area (Å²) in [5.41, 5.74) is 3.62. The molecule has 6 nitrogen and oxygen atoms in total. The van der Waals surface area contributed by atoms with E-state index in [1.54, 1.807) is 42.5 Å². The number of nitrogens with zero attached hydrogens (tertiary/aromatic N) is 1. The van der Waals surface area contributed by atoms with Gasteiger partial charge in [0, 0.05) is 17.0 Å². The van der Waals surface area contributed by atoms with Gasteiger partial charge in [0.05, 0.1) is 13.3 Å². The summed E-state index contributed by atoms with van der Waals surface area (Å²) in [4.78, 5) is 22.9. The lowest BCUT2D eigenvalue weighted by Gasteiger charge is -2.08. The lowest BCUT2D eigenvalue weighted by atomic mass is 10.2. The average molecular weight is 391 g/mol. The maximum atomic E-state index is 11.9. The molecule has 0 saturated carbocycles. The van der Waals surface area contributed by atoms with Gasteiger partial charge in [-0.15, -0.1) is 0 Å². The Kier molecular flexibility index (Phi) is 6.08. The number of halogens is 1. The van der Waals surface area contributed by atoms with Crippen molar-refractivity contribution in [2.24, 2.45) is 5.10 Å². The van der Waals surface area contributed by atoms with Crippen molar-refractivity contribution in [3.8, 4) is 11.5 Å². The molecule has 0 aliphatic rings. The lowest BCUT2D eigenvalue weighted by Crippen LogP contribution is -2.17. The van der Waals surface area contributed by atoms with E-state index >= 15 is 0 Å². The molecule has 1 N–H and O–H groups in total. The zero-order valence-corrected chi connectivity index (χ0v) is 14.7. The SMILES string of the molecule is COc1cc(/C=N/NC(=O)c2ccc(Br)cc2)ccc1OC(C)=O. The number of esters is 1. The summed E-state index contributed by atoms with van der Waals surface area (Å²) in [5, 5.41) is 3.91. The molecular formula is C17H15BrN2O4. The number of benzene rings is 2. The minimum Gasteiger partial charge on any atom is -0.493 e. The Labute approximate surface area is 147 Å². The monoisotopic (exact) mass is 390 g/mol. The molecule has 0 unspecified atom stereocenters. The highest BCUT2D eigenvalue weighted by Gasteiger charge is 2.07. The second kappa shape index (κ2) is 8.26. The van der Waals surface area contributed by atoms with E-state index < -0.39 is 5.97 Å². The van der Waals surface area contributed by atoms with Crippen molar-refractivity contribution in [1.29, 1.82) is 0 Å². The first-order chi connectivity index (χ1) is 11.5. The Balaban J connectivity index is 2.04. The van der Waals surface area contributed by atoms with Gasteiger partial charge >= 0.3 is 5.97 Å². The smallest absolute Gasteiger partial charge is 0.308 e. The van der Waals surface area contributed by atoms with Crippen LogP contribution in [0.25, 0.3) is 0 Å². The summed E-state index contributed by atoms with van der Waals surface area (Å²) in [6.45, 7) is 1.31. The van der Waals surface area contributed by atoms with Gasteiger partial charge in [0.2, 0.25) is 0 Å². The van der Waals surface area contributed by atoms with Gasteiger partial charge in [-0.3, -0.25) is 9.59 Å². The Morgan fingerprint density at radius 2 is 1.83 bits per heavy atom. The van der Waals surface area contributed by atoms with Crippen LogP contribution in [0.2, 0.25) is 0 Å². The molecule has 7 heteroatoms. The molecule has 24 heavy (non-hydrogen) atoms. The van der Waals surface area contributed by atoms with Gasteiger partial charge < -0.3 is 9.47 Å². The number of hydrogen-bond donors (Lipinski definition) is 1. The van der Waals surface area contributed by atoms with Crippen molar-refractivity contribution in [1.82, 2.24) is 5.43 Å². The van der Waals surface area contributed by atoms with Crippen molar-refractivity contribution in [3.63, 3.8) is 0 Å². The summed E-state index contributed by atoms with van der Waals surface area (Å²) >= 11 is 3.31. The van der Waals surface area contributed by atoms with Crippen LogP contribution in [0.3, 0.4) is 0 Å². The van der Waals surface area contributed by atoms with E-state index in [0.717, 1.165) is 4.47 Å². The lowest BCUT2D eigenvalue weighted by molar-refractivity contribution is -0.132. The number of methoxy groups -OCH3 is 1. The van der Waals surface area contributed by atoms with Crippen LogP contribution in [0.4, 0.5) is 0 Å². The Hall–Kier alpha value is -2.67. The minimum absolute atomic E-state index is 0.317. The van der Waals surface area contributed by atoms with Crippen LogP contribution < -0.4 is 14.9 Å². The predicted molar refractivity (Wildman–Crippen MR) is 93.5 cm³/mol. The molecule has 0 bridgehead atoms. The number of amides is 1. The zero-order chi connectivity index (χ0) is 17.5. The summed E-state index contributed by atoms with van der Waals surface area (Å²) in [7, 11) is 1.47. The van der Waals surface area contributed by atoms with Crippen LogP contribution in [0.1, 0.15) is 22.8 Å². The summed E-state index contributed by atoms with van der Waals surface area (Å²) in [6.07, 6.45) is 1.47. The second-order valence-corrected chi connectivity index (χ2v) is 5.63. The van der Waals surface area contributed by atoms with E-state index in [2.05, 4.69) is 26.5 Å². The number of carbonyl (C=O) groups excluding carboxylic acids is 2. The van der Waals surface area contributed by atoms with Crippen LogP contribution in [0, 0.1) is 0 Å². The fraction of sp³-hybridized carbons (Fsp3) is 0.118. The van der Waals surface area contributed by atoms with Crippen molar-refractivity contribution < 1.29 is 19.1 Å². The molecule has 1 amide bonds. The minimum atomic E-state index is -0.434. The molecule has 2 rings (SSSR count). The molecule has 0 spiro atoms. The number of hydrogen-bond acceptors (Lipinski definition) is 5. The standard InChI is InChI=1S/C17H15BrN2O4/c1-11(21)24-15-8-3-12(9-16(15)23-2)10-19-20-17(22)13-4-6-14(18)7-5-13/h3-10H,1-2H3,(H,20,22)/b19-10+. The van der Waals surface area contributed by atoms with Crippen molar-refractivity contribution in [2.45, 2.75) is 6.92 Å². The van der Waals surface area contributed by atoms with Crippen LogP contribution in [-0.4, -0.2) is 25.2 Å². The first-order valence-electron chi connectivity index (χ1n) is 6.95. The normalized spacial score (nSPS) is 10.5. The molecule has 0 heterocycles. The molecule has 0 aliphatic carbocycles. The van der Waals surface area contributed by atoms with Crippen LogP contribution >= 0.6 is 15.9 Å². The van der Waals surface area contributed by atoms with Gasteiger partial charge in [-0.1, -0.05) is 15.9 Å². The number of hydrazone groups is 1. The predicted octanol–water partition coefficient (Wildman–Crippen LogP) is 3.15. The number of carbonyl (C=O) groups is 2. The van der Waals surface area contributed by atoms with Gasteiger partial charge in [0.15, 0.2) is 11.5 Å². The molecule has 2 aromatic carbocycles. The highest BCUT2D eigenvalue weighted by molar-refractivity contribution is 9.10. The fourth-order valence-electron chi connectivity index (χ4n) is 1.83. The molecule has 0 aromatic heterocycles. The highest BCUT2D eigenvalue weighted by Crippen LogP contribution is 2.27. The Bertz CT molecular complexity index is 773. The number of ether oxygens (including phenoxy) is 2. The third-order valence-corrected chi connectivity index (χ3v) is 3.46. The molecular weight excluding hydrogens is 376 g/mol. The molecule has 2 aromatic rings. The summed E-state index contributed by atoms with van der Waals surface area (Å²) in [6, 6.07) is 11.9. The maximum Gasteiger partial charge on any atom is 0.308 e. The quantitative estimate of drug-likeness (QED) is 0.368. The van der Waals surface area contributed by atoms with Gasteiger partial charge in [0.1, 0.15) is 0 Å². The second-order valence-electron chi connectivity index (χ2n) is 4.71. The first-order valence-corrected chi connectivity index (χ1v) is 7.74. The zero-order valence-electron chi connectivity index (χ0n) is 13.1. The molecule has 0 atom stereocenters. The molecule has 0 radical (unpaired) electrons. The van der Waals surface area contributed by atoms with E-state index in [4.69, 9.17) is 9.47 Å². The largest absolute Gasteiger partial charge is 0.493 e. The topological polar surface area (TPSA) is 77.0 Å². The molecule has 0 saturated heterocycles. The van der Waals surface area contributed by atoms with Gasteiger partial charge in [0.25, 0.3) is 5.91 Å². The van der Waals surface area contributed by atoms with E-state index in [-0.39, 0.29) is 5.91 Å². The molecule has 124 valence electrons. The van der Waals surface area contributed by atoms with Crippen molar-refractivity contribution in [2.75, 3.05) is 7.11 Å². The average Bonchev–Trinajstić information content (AvgIpc) is 2.56. The third kappa shape index (κ3) is 4.92. The Morgan fingerprint density at radius 1 is 1.12 bits per heavy atom. The van der Waals surface area contributed by atoms with Crippen LogP contribution in [0.15, 0.2) is 52.0 Å². The number of rotatable bonds is 5. The maximum absolute atomic E-state index is 11.9. The summed E-state index contributed by atoms with van der Waals surface area (Å²) in [5.74, 6) is -0.0341. The Morgan fingerprint density at radius 3 is 2.46 bits per heavy atom. The highest BCUT2D eigenvalue weighted by atomic mass is 79.9. The van der Waals surface area contributed by atoms with Crippen LogP contribution in [0.5, 0.6) is 11.5 Å². The fourth-order valence-corrected chi connectivity index (χ4v) is 2.10.